The topological polar surface area (TPSA) is 91.4 Å². The number of H-pyrrole nitrogens is 1. The summed E-state index contributed by atoms with van der Waals surface area (Å²) in [5, 5.41) is 13.4. The summed E-state index contributed by atoms with van der Waals surface area (Å²) in [6, 6.07) is 10.2. The fraction of sp³-hybridized carbons (Fsp3) is 0.0909. The molecule has 4 rings (SSSR count). The Kier molecular flexibility index (Phi) is 5.47. The molecule has 0 aliphatic carbocycles. The molecule has 8 heteroatoms. The number of benzene rings is 1. The Bertz CT molecular complexity index is 1120. The molecule has 0 bridgehead atoms. The highest BCUT2D eigenvalue weighted by molar-refractivity contribution is 5.71. The minimum absolute atomic E-state index is 0.0720. The number of hydrogen-bond acceptors (Lipinski definition) is 6. The van der Waals surface area contributed by atoms with Gasteiger partial charge in [-0.2, -0.15) is 5.10 Å². The van der Waals surface area contributed by atoms with Crippen molar-refractivity contribution in [2.45, 2.75) is 13.0 Å². The van der Waals surface area contributed by atoms with Crippen molar-refractivity contribution in [2.75, 3.05) is 10.6 Å². The molecule has 30 heavy (non-hydrogen) atoms. The molecular formula is C22H20FN7. The van der Waals surface area contributed by atoms with Crippen LogP contribution < -0.4 is 10.6 Å². The van der Waals surface area contributed by atoms with E-state index >= 15 is 0 Å². The van der Waals surface area contributed by atoms with Crippen LogP contribution in [0.25, 0.3) is 17.2 Å². The zero-order valence-corrected chi connectivity index (χ0v) is 16.3. The van der Waals surface area contributed by atoms with Gasteiger partial charge in [0.1, 0.15) is 23.3 Å². The highest BCUT2D eigenvalue weighted by Gasteiger charge is 2.11. The van der Waals surface area contributed by atoms with Crippen LogP contribution >= 0.6 is 0 Å². The highest BCUT2D eigenvalue weighted by atomic mass is 19.1. The third-order valence-corrected chi connectivity index (χ3v) is 4.53. The molecule has 3 N–H and O–H groups in total. The summed E-state index contributed by atoms with van der Waals surface area (Å²) in [6.07, 6.45) is 8.44. The summed E-state index contributed by atoms with van der Waals surface area (Å²) < 4.78 is 13.2. The molecule has 0 aliphatic rings. The zero-order valence-electron chi connectivity index (χ0n) is 16.3. The second-order valence-electron chi connectivity index (χ2n) is 6.69. The number of aromatic amines is 1. The Hall–Kier alpha value is -4.07. The Morgan fingerprint density at radius 3 is 2.47 bits per heavy atom. The van der Waals surface area contributed by atoms with E-state index in [0.717, 1.165) is 16.7 Å². The first-order chi connectivity index (χ1) is 14.6. The predicted octanol–water partition coefficient (Wildman–Crippen LogP) is 4.96. The van der Waals surface area contributed by atoms with Crippen LogP contribution in [0.1, 0.15) is 24.2 Å². The molecule has 0 saturated heterocycles. The number of hydrogen-bond donors (Lipinski definition) is 3. The summed E-state index contributed by atoms with van der Waals surface area (Å²) in [6.45, 7) is 5.67. The van der Waals surface area contributed by atoms with Gasteiger partial charge < -0.3 is 10.6 Å². The van der Waals surface area contributed by atoms with Gasteiger partial charge in [0.05, 0.1) is 24.3 Å². The van der Waals surface area contributed by atoms with E-state index in [1.165, 1.54) is 12.1 Å². The van der Waals surface area contributed by atoms with Crippen molar-refractivity contribution in [1.82, 2.24) is 25.1 Å². The van der Waals surface area contributed by atoms with E-state index in [-0.39, 0.29) is 11.9 Å². The lowest BCUT2D eigenvalue weighted by Gasteiger charge is -2.17. The molecular weight excluding hydrogens is 381 g/mol. The molecule has 3 aromatic heterocycles. The predicted molar refractivity (Wildman–Crippen MR) is 116 cm³/mol. The Balaban J connectivity index is 1.63. The van der Waals surface area contributed by atoms with Crippen LogP contribution in [0, 0.1) is 5.82 Å². The summed E-state index contributed by atoms with van der Waals surface area (Å²) in [5.41, 5.74) is 3.49. The molecule has 4 aromatic rings. The van der Waals surface area contributed by atoms with Crippen molar-refractivity contribution < 1.29 is 4.39 Å². The number of aromatic nitrogens is 5. The fourth-order valence-corrected chi connectivity index (χ4v) is 2.94. The SMILES string of the molecule is C=Cc1cnc(Nc2cc(-c3cn[nH]c3)cc(N[C@@H](C)c3ccc(F)cc3)n2)cn1. The maximum Gasteiger partial charge on any atom is 0.150 e. The third kappa shape index (κ3) is 4.49. The van der Waals surface area contributed by atoms with Crippen LogP contribution in [0.5, 0.6) is 0 Å². The van der Waals surface area contributed by atoms with Gasteiger partial charge in [-0.15, -0.1) is 0 Å². The Labute approximate surface area is 173 Å². The molecule has 7 nitrogen and oxygen atoms in total. The van der Waals surface area contributed by atoms with Crippen LogP contribution in [-0.2, 0) is 0 Å². The van der Waals surface area contributed by atoms with E-state index in [2.05, 4.69) is 42.4 Å². The maximum absolute atomic E-state index is 13.2. The average Bonchev–Trinajstić information content (AvgIpc) is 3.30. The summed E-state index contributed by atoms with van der Waals surface area (Å²) in [4.78, 5) is 13.2. The molecule has 0 aliphatic heterocycles. The monoisotopic (exact) mass is 401 g/mol. The van der Waals surface area contributed by atoms with Crippen molar-refractivity contribution in [2.24, 2.45) is 0 Å². The standard InChI is InChI=1S/C22H20FN7/c1-3-19-12-25-22(13-24-19)30-21-9-16(17-10-26-27-11-17)8-20(29-21)28-14(2)15-4-6-18(23)7-5-15/h3-14H,1H2,2H3,(H,26,27)(H2,25,28,29,30)/t14-/m0/s1. The molecule has 1 atom stereocenters. The van der Waals surface area contributed by atoms with Gasteiger partial charge >= 0.3 is 0 Å². The smallest absolute Gasteiger partial charge is 0.150 e. The van der Waals surface area contributed by atoms with E-state index in [0.29, 0.717) is 23.1 Å². The van der Waals surface area contributed by atoms with Crippen molar-refractivity contribution >= 4 is 23.5 Å². The minimum Gasteiger partial charge on any atom is -0.363 e. The molecule has 150 valence electrons. The number of anilines is 3. The van der Waals surface area contributed by atoms with Crippen LogP contribution in [0.2, 0.25) is 0 Å². The van der Waals surface area contributed by atoms with Crippen LogP contribution in [0.3, 0.4) is 0 Å². The van der Waals surface area contributed by atoms with Gasteiger partial charge in [-0.1, -0.05) is 18.7 Å². The lowest BCUT2D eigenvalue weighted by atomic mass is 10.1. The number of nitrogens with zero attached hydrogens (tertiary/aromatic N) is 4. The van der Waals surface area contributed by atoms with Crippen LogP contribution in [0.4, 0.5) is 21.8 Å². The van der Waals surface area contributed by atoms with Crippen molar-refractivity contribution in [3.63, 3.8) is 0 Å². The van der Waals surface area contributed by atoms with Crippen molar-refractivity contribution in [3.05, 3.63) is 84.8 Å². The third-order valence-electron chi connectivity index (χ3n) is 4.53. The molecule has 1 aromatic carbocycles. The molecule has 0 unspecified atom stereocenters. The lowest BCUT2D eigenvalue weighted by Crippen LogP contribution is -2.09. The fourth-order valence-electron chi connectivity index (χ4n) is 2.94. The second kappa shape index (κ2) is 8.52. The number of pyridine rings is 1. The van der Waals surface area contributed by atoms with Gasteiger partial charge in [-0.3, -0.25) is 10.1 Å². The summed E-state index contributed by atoms with van der Waals surface area (Å²) in [7, 11) is 0. The molecule has 0 fully saturated rings. The highest BCUT2D eigenvalue weighted by Crippen LogP contribution is 2.27. The first-order valence-electron chi connectivity index (χ1n) is 9.35. The average molecular weight is 401 g/mol. The van der Waals surface area contributed by atoms with Crippen molar-refractivity contribution in [3.8, 4) is 11.1 Å². The van der Waals surface area contributed by atoms with E-state index in [9.17, 15) is 4.39 Å². The second-order valence-corrected chi connectivity index (χ2v) is 6.69. The number of halogens is 1. The van der Waals surface area contributed by atoms with Crippen molar-refractivity contribution in [1.29, 1.82) is 0 Å². The van der Waals surface area contributed by atoms with E-state index in [4.69, 9.17) is 0 Å². The maximum atomic E-state index is 13.2. The molecule has 0 radical (unpaired) electrons. The van der Waals surface area contributed by atoms with E-state index in [1.54, 1.807) is 36.8 Å². The normalized spacial score (nSPS) is 11.7. The molecule has 0 saturated carbocycles. The van der Waals surface area contributed by atoms with E-state index < -0.39 is 0 Å². The Morgan fingerprint density at radius 2 is 1.80 bits per heavy atom. The summed E-state index contributed by atoms with van der Waals surface area (Å²) >= 11 is 0. The number of rotatable bonds is 7. The first kappa shape index (κ1) is 19.3. The molecule has 0 amide bonds. The number of nitrogens with one attached hydrogen (secondary N) is 3. The lowest BCUT2D eigenvalue weighted by molar-refractivity contribution is 0.626. The van der Waals surface area contributed by atoms with Gasteiger partial charge in [-0.05, 0) is 48.4 Å². The van der Waals surface area contributed by atoms with Gasteiger partial charge in [0.25, 0.3) is 0 Å². The van der Waals surface area contributed by atoms with Gasteiger partial charge in [0.15, 0.2) is 0 Å². The minimum atomic E-state index is -0.263. The van der Waals surface area contributed by atoms with E-state index in [1.807, 2.05) is 25.3 Å². The zero-order chi connectivity index (χ0) is 20.9. The molecule has 0 spiro atoms. The van der Waals surface area contributed by atoms with Crippen LogP contribution in [0.15, 0.2) is 67.8 Å². The van der Waals surface area contributed by atoms with Crippen LogP contribution in [-0.4, -0.2) is 25.1 Å². The molecule has 3 heterocycles. The van der Waals surface area contributed by atoms with Gasteiger partial charge in [0.2, 0.25) is 0 Å². The first-order valence-corrected chi connectivity index (χ1v) is 9.35. The quantitative estimate of drug-likeness (QED) is 0.405. The summed E-state index contributed by atoms with van der Waals surface area (Å²) in [5.74, 6) is 1.56. The van der Waals surface area contributed by atoms with Gasteiger partial charge in [-0.25, -0.2) is 14.4 Å². The Morgan fingerprint density at radius 1 is 1.00 bits per heavy atom. The largest absolute Gasteiger partial charge is 0.363 e. The van der Waals surface area contributed by atoms with Gasteiger partial charge in [0, 0.05) is 17.8 Å².